The van der Waals surface area contributed by atoms with Crippen molar-refractivity contribution in [2.75, 3.05) is 6.54 Å². The van der Waals surface area contributed by atoms with E-state index < -0.39 is 0 Å². The lowest BCUT2D eigenvalue weighted by Crippen LogP contribution is -2.29. The summed E-state index contributed by atoms with van der Waals surface area (Å²) in [7, 11) is 0. The van der Waals surface area contributed by atoms with Crippen LogP contribution < -0.4 is 5.32 Å². The van der Waals surface area contributed by atoms with Gasteiger partial charge in [0.2, 0.25) is 0 Å². The third-order valence-electron chi connectivity index (χ3n) is 4.42. The van der Waals surface area contributed by atoms with Gasteiger partial charge in [-0.25, -0.2) is 0 Å². The molecule has 3 heteroatoms. The van der Waals surface area contributed by atoms with Crippen molar-refractivity contribution in [3.8, 4) is 0 Å². The van der Waals surface area contributed by atoms with Gasteiger partial charge in [-0.2, -0.15) is 5.10 Å². The molecule has 0 saturated heterocycles. The number of aromatic nitrogens is 2. The largest absolute Gasteiger partial charge is 0.309 e. The monoisotopic (exact) mass is 249 g/mol. The lowest BCUT2D eigenvalue weighted by Gasteiger charge is -2.25. The van der Waals surface area contributed by atoms with Gasteiger partial charge < -0.3 is 5.32 Å². The Morgan fingerprint density at radius 3 is 2.83 bits per heavy atom. The number of nitrogens with one attached hydrogen (secondary N) is 1. The molecule has 1 aliphatic rings. The van der Waals surface area contributed by atoms with E-state index >= 15 is 0 Å². The predicted octanol–water partition coefficient (Wildman–Crippen LogP) is 3.38. The Balaban J connectivity index is 2.13. The molecule has 1 saturated carbocycles. The Hall–Kier alpha value is -0.830. The standard InChI is InChI=1S/C15H27N3/c1-4-12-7-8-13(11-12)15(16-5-2)14-9-10-17-18(14)6-3/h9-10,12-13,15-16H,4-8,11H2,1-3H3. The van der Waals surface area contributed by atoms with Crippen molar-refractivity contribution in [2.24, 2.45) is 11.8 Å². The SMILES string of the molecule is CCNC(c1ccnn1CC)C1CCC(CC)C1. The number of nitrogens with zero attached hydrogens (tertiary/aromatic N) is 2. The fourth-order valence-corrected chi connectivity index (χ4v) is 3.39. The normalized spacial score (nSPS) is 25.5. The lowest BCUT2D eigenvalue weighted by molar-refractivity contribution is 0.340. The first-order valence-electron chi connectivity index (χ1n) is 7.55. The molecule has 1 fully saturated rings. The average molecular weight is 249 g/mol. The molecular formula is C15H27N3. The third-order valence-corrected chi connectivity index (χ3v) is 4.42. The molecule has 2 rings (SSSR count). The zero-order valence-electron chi connectivity index (χ0n) is 12.0. The average Bonchev–Trinajstić information content (AvgIpc) is 3.04. The van der Waals surface area contributed by atoms with Gasteiger partial charge in [0.05, 0.1) is 11.7 Å². The molecule has 1 aromatic rings. The maximum absolute atomic E-state index is 4.43. The van der Waals surface area contributed by atoms with Gasteiger partial charge in [-0.3, -0.25) is 4.68 Å². The van der Waals surface area contributed by atoms with E-state index in [2.05, 4.69) is 41.9 Å². The van der Waals surface area contributed by atoms with Gasteiger partial charge >= 0.3 is 0 Å². The van der Waals surface area contributed by atoms with Crippen LogP contribution in [0.5, 0.6) is 0 Å². The highest BCUT2D eigenvalue weighted by Crippen LogP contribution is 2.40. The number of aryl methyl sites for hydroxylation is 1. The molecule has 1 N–H and O–H groups in total. The highest BCUT2D eigenvalue weighted by Gasteiger charge is 2.31. The smallest absolute Gasteiger partial charge is 0.0556 e. The summed E-state index contributed by atoms with van der Waals surface area (Å²) in [4.78, 5) is 0. The molecule has 0 spiro atoms. The Bertz CT molecular complexity index is 358. The van der Waals surface area contributed by atoms with Crippen LogP contribution in [0.3, 0.4) is 0 Å². The highest BCUT2D eigenvalue weighted by molar-refractivity contribution is 5.09. The van der Waals surface area contributed by atoms with Crippen molar-refractivity contribution >= 4 is 0 Å². The minimum Gasteiger partial charge on any atom is -0.309 e. The van der Waals surface area contributed by atoms with E-state index in [1.54, 1.807) is 0 Å². The van der Waals surface area contributed by atoms with E-state index in [0.29, 0.717) is 6.04 Å². The van der Waals surface area contributed by atoms with E-state index in [1.807, 2.05) is 6.20 Å². The van der Waals surface area contributed by atoms with E-state index in [4.69, 9.17) is 0 Å². The van der Waals surface area contributed by atoms with Crippen molar-refractivity contribution in [1.29, 1.82) is 0 Å². The van der Waals surface area contributed by atoms with Gasteiger partial charge in [0.15, 0.2) is 0 Å². The maximum Gasteiger partial charge on any atom is 0.0556 e. The van der Waals surface area contributed by atoms with Crippen LogP contribution in [0.15, 0.2) is 12.3 Å². The van der Waals surface area contributed by atoms with Crippen molar-refractivity contribution in [1.82, 2.24) is 15.1 Å². The fraction of sp³-hybridized carbons (Fsp3) is 0.800. The minimum absolute atomic E-state index is 0.494. The summed E-state index contributed by atoms with van der Waals surface area (Å²) < 4.78 is 2.15. The summed E-state index contributed by atoms with van der Waals surface area (Å²) in [5.41, 5.74) is 1.38. The molecule has 1 aliphatic carbocycles. The first kappa shape index (κ1) is 13.6. The van der Waals surface area contributed by atoms with Gasteiger partial charge in [0.1, 0.15) is 0 Å². The topological polar surface area (TPSA) is 29.9 Å². The molecule has 3 unspecified atom stereocenters. The van der Waals surface area contributed by atoms with E-state index in [-0.39, 0.29) is 0 Å². The zero-order chi connectivity index (χ0) is 13.0. The molecule has 0 bridgehead atoms. The predicted molar refractivity (Wildman–Crippen MR) is 75.4 cm³/mol. The summed E-state index contributed by atoms with van der Waals surface area (Å²) >= 11 is 0. The second-order valence-electron chi connectivity index (χ2n) is 5.45. The van der Waals surface area contributed by atoms with Crippen molar-refractivity contribution < 1.29 is 0 Å². The maximum atomic E-state index is 4.43. The van der Waals surface area contributed by atoms with Crippen molar-refractivity contribution in [3.05, 3.63) is 18.0 Å². The fourth-order valence-electron chi connectivity index (χ4n) is 3.39. The van der Waals surface area contributed by atoms with E-state index in [0.717, 1.165) is 24.9 Å². The molecule has 1 heterocycles. The van der Waals surface area contributed by atoms with Crippen LogP contribution in [0.25, 0.3) is 0 Å². The lowest BCUT2D eigenvalue weighted by atomic mass is 9.93. The first-order valence-corrected chi connectivity index (χ1v) is 7.55. The van der Waals surface area contributed by atoms with Crippen LogP contribution in [0.1, 0.15) is 58.2 Å². The molecule has 0 amide bonds. The summed E-state index contributed by atoms with van der Waals surface area (Å²) in [5, 5.41) is 8.11. The van der Waals surface area contributed by atoms with Crippen LogP contribution in [0.4, 0.5) is 0 Å². The molecule has 3 nitrogen and oxygen atoms in total. The van der Waals surface area contributed by atoms with E-state index in [1.165, 1.54) is 31.4 Å². The van der Waals surface area contributed by atoms with E-state index in [9.17, 15) is 0 Å². The number of hydrogen-bond acceptors (Lipinski definition) is 2. The van der Waals surface area contributed by atoms with Gasteiger partial charge in [-0.1, -0.05) is 26.7 Å². The molecule has 18 heavy (non-hydrogen) atoms. The van der Waals surface area contributed by atoms with Crippen molar-refractivity contribution in [3.63, 3.8) is 0 Å². The summed E-state index contributed by atoms with van der Waals surface area (Å²) in [6, 6.07) is 2.69. The van der Waals surface area contributed by atoms with Gasteiger partial charge in [0.25, 0.3) is 0 Å². The summed E-state index contributed by atoms with van der Waals surface area (Å²) in [6.07, 6.45) is 7.43. The van der Waals surface area contributed by atoms with Crippen LogP contribution in [-0.2, 0) is 6.54 Å². The second kappa shape index (κ2) is 6.37. The molecule has 1 aromatic heterocycles. The summed E-state index contributed by atoms with van der Waals surface area (Å²) in [6.45, 7) is 8.70. The number of rotatable bonds is 6. The molecule has 3 atom stereocenters. The number of hydrogen-bond donors (Lipinski definition) is 1. The molecule has 0 aromatic carbocycles. The van der Waals surface area contributed by atoms with Crippen LogP contribution >= 0.6 is 0 Å². The first-order chi connectivity index (χ1) is 8.80. The Labute approximate surface area is 111 Å². The van der Waals surface area contributed by atoms with Crippen LogP contribution in [0.2, 0.25) is 0 Å². The highest BCUT2D eigenvalue weighted by atomic mass is 15.3. The van der Waals surface area contributed by atoms with Crippen LogP contribution in [0, 0.1) is 11.8 Å². The third kappa shape index (κ3) is 2.77. The van der Waals surface area contributed by atoms with Gasteiger partial charge in [0, 0.05) is 12.7 Å². The second-order valence-corrected chi connectivity index (χ2v) is 5.45. The van der Waals surface area contributed by atoms with Crippen LogP contribution in [-0.4, -0.2) is 16.3 Å². The Morgan fingerprint density at radius 2 is 2.22 bits per heavy atom. The molecular weight excluding hydrogens is 222 g/mol. The Kier molecular flexibility index (Phi) is 4.81. The van der Waals surface area contributed by atoms with Gasteiger partial charge in [-0.15, -0.1) is 0 Å². The molecule has 0 aliphatic heterocycles. The van der Waals surface area contributed by atoms with Crippen molar-refractivity contribution in [2.45, 2.75) is 59.0 Å². The molecule has 0 radical (unpaired) electrons. The summed E-state index contributed by atoms with van der Waals surface area (Å²) in [5.74, 6) is 1.73. The zero-order valence-corrected chi connectivity index (χ0v) is 12.0. The quantitative estimate of drug-likeness (QED) is 0.837. The minimum atomic E-state index is 0.494. The molecule has 102 valence electrons. The Morgan fingerprint density at radius 1 is 1.39 bits per heavy atom. The van der Waals surface area contributed by atoms with Gasteiger partial charge in [-0.05, 0) is 44.2 Å².